The van der Waals surface area contributed by atoms with Crippen molar-refractivity contribution in [2.45, 2.75) is 24.2 Å². The molecule has 6 amide bonds. The normalized spacial score (nSPS) is 27.4. The van der Waals surface area contributed by atoms with Gasteiger partial charge in [-0.05, 0) is 104 Å². The van der Waals surface area contributed by atoms with E-state index < -0.39 is 70.5 Å². The number of phenols is 1. The van der Waals surface area contributed by atoms with Crippen molar-refractivity contribution in [3.63, 3.8) is 0 Å². The van der Waals surface area contributed by atoms with E-state index in [0.717, 1.165) is 5.01 Å². The number of phenolic OH excluding ortho intramolecular Hbond substituents is 1. The zero-order valence-corrected chi connectivity index (χ0v) is 29.4. The molecular weight excluding hydrogens is 791 g/mol. The lowest BCUT2D eigenvalue weighted by Crippen LogP contribution is -2.53. The maximum atomic E-state index is 15.2. The maximum absolute atomic E-state index is 15.2. The summed E-state index contributed by atoms with van der Waals surface area (Å²) in [6.45, 7) is 0. The predicted molar refractivity (Wildman–Crippen MR) is 181 cm³/mol. The van der Waals surface area contributed by atoms with Gasteiger partial charge in [0.1, 0.15) is 5.82 Å². The average Bonchev–Trinajstić information content (AvgIpc) is 3.46. The Morgan fingerprint density at radius 1 is 1.02 bits per heavy atom. The van der Waals surface area contributed by atoms with E-state index in [2.05, 4.69) is 37.3 Å². The van der Waals surface area contributed by atoms with Crippen LogP contribution in [-0.4, -0.2) is 51.8 Å². The van der Waals surface area contributed by atoms with Crippen LogP contribution in [0.3, 0.4) is 0 Å². The second-order valence-corrected chi connectivity index (χ2v) is 14.4. The lowest BCUT2D eigenvalue weighted by atomic mass is 9.49. The molecule has 252 valence electrons. The van der Waals surface area contributed by atoms with Crippen LogP contribution in [0.4, 0.5) is 14.9 Å². The van der Waals surface area contributed by atoms with Gasteiger partial charge in [0.25, 0.3) is 11.8 Å². The van der Waals surface area contributed by atoms with Crippen molar-refractivity contribution in [1.29, 1.82) is 0 Å². The average molecular weight is 817 g/mol. The fourth-order valence-electron chi connectivity index (χ4n) is 8.19. The number of rotatable bonds is 5. The SMILES string of the molecule is COc1cc(C2C3=CCC4C(=O)N(C(N)=O)C(=O)C4C3CC3C(=O)N(Nc4ccc(F)cc4)C(=O)C32c2ccc(Cl)cc2)c(Br)c(Br)c1O. The zero-order valence-electron chi connectivity index (χ0n) is 25.5. The first-order valence-corrected chi connectivity index (χ1v) is 17.1. The standard InChI is InChI=1S/C34H26Br2ClFN4O7/c1-49-23-13-21(26(35)27(36)28(23)43)25-18-10-11-19-24(31(46)41(29(19)44)33(39)48)20(18)12-22-30(45)42(40-17-8-6-16(38)7-9-17)32(47)34(22,25)14-2-4-15(37)5-3-14/h2-10,13,19-20,22,24-25,40,43H,11-12H2,1H3,(H2,39,48). The highest BCUT2D eigenvalue weighted by Gasteiger charge is 2.71. The Morgan fingerprint density at radius 3 is 2.33 bits per heavy atom. The summed E-state index contributed by atoms with van der Waals surface area (Å²) in [5.41, 5.74) is 8.40. The van der Waals surface area contributed by atoms with Crippen LogP contribution in [0, 0.1) is 29.5 Å². The summed E-state index contributed by atoms with van der Waals surface area (Å²) in [7, 11) is 1.37. The fourth-order valence-corrected chi connectivity index (χ4v) is 9.28. The van der Waals surface area contributed by atoms with Crippen molar-refractivity contribution in [3.8, 4) is 11.5 Å². The number of primary amides is 1. The number of hydrogen-bond donors (Lipinski definition) is 3. The number of aromatic hydroxyl groups is 1. The van der Waals surface area contributed by atoms with E-state index in [1.807, 2.05) is 0 Å². The number of anilines is 1. The number of urea groups is 1. The molecule has 0 spiro atoms. The van der Waals surface area contributed by atoms with Gasteiger partial charge in [-0.2, -0.15) is 9.91 Å². The Labute approximate surface area is 300 Å². The lowest BCUT2D eigenvalue weighted by Gasteiger charge is -2.51. The van der Waals surface area contributed by atoms with Crippen molar-refractivity contribution >= 4 is 78.8 Å². The molecule has 0 bridgehead atoms. The van der Waals surface area contributed by atoms with E-state index in [4.69, 9.17) is 22.1 Å². The second-order valence-electron chi connectivity index (χ2n) is 12.4. The Balaban J connectivity index is 1.51. The maximum Gasteiger partial charge on any atom is 0.328 e. The molecular formula is C34H26Br2ClFN4O7. The van der Waals surface area contributed by atoms with Crippen LogP contribution < -0.4 is 15.9 Å². The van der Waals surface area contributed by atoms with Crippen LogP contribution in [0.5, 0.6) is 11.5 Å². The minimum atomic E-state index is -1.68. The molecule has 4 N–H and O–H groups in total. The molecule has 3 fully saturated rings. The van der Waals surface area contributed by atoms with Gasteiger partial charge < -0.3 is 15.6 Å². The Bertz CT molecular complexity index is 2010. The number of hydrazine groups is 1. The van der Waals surface area contributed by atoms with Gasteiger partial charge in [-0.25, -0.2) is 9.18 Å². The first-order chi connectivity index (χ1) is 23.3. The highest BCUT2D eigenvalue weighted by atomic mass is 79.9. The number of likely N-dealkylation sites (tertiary alicyclic amines) is 1. The number of carbonyl (C=O) groups is 5. The molecule has 6 atom stereocenters. The fraction of sp³-hybridized carbons (Fsp3) is 0.265. The van der Waals surface area contributed by atoms with E-state index in [-0.39, 0.29) is 34.5 Å². The Kier molecular flexibility index (Phi) is 8.11. The van der Waals surface area contributed by atoms with Gasteiger partial charge in [-0.15, -0.1) is 0 Å². The minimum absolute atomic E-state index is 0.0437. The molecule has 1 saturated carbocycles. The number of imide groups is 4. The van der Waals surface area contributed by atoms with Gasteiger partial charge in [0.05, 0.1) is 40.4 Å². The molecule has 0 aromatic heterocycles. The first-order valence-electron chi connectivity index (χ1n) is 15.1. The molecule has 2 saturated heterocycles. The Hall–Kier alpha value is -4.27. The highest BCUT2D eigenvalue weighted by Crippen LogP contribution is 2.65. The van der Waals surface area contributed by atoms with Crippen LogP contribution in [0.1, 0.15) is 29.9 Å². The van der Waals surface area contributed by atoms with Gasteiger partial charge in [0, 0.05) is 15.4 Å². The van der Waals surface area contributed by atoms with Crippen LogP contribution in [0.2, 0.25) is 5.02 Å². The molecule has 3 aromatic rings. The third-order valence-corrected chi connectivity index (χ3v) is 12.6. The summed E-state index contributed by atoms with van der Waals surface area (Å²) in [6, 6.07) is 12.1. The third kappa shape index (κ3) is 4.74. The number of hydrogen-bond acceptors (Lipinski definition) is 8. The van der Waals surface area contributed by atoms with Crippen LogP contribution in [-0.2, 0) is 24.6 Å². The number of carbonyl (C=O) groups excluding carboxylic acids is 5. The number of halogens is 4. The number of fused-ring (bicyclic) bond motifs is 4. The first kappa shape index (κ1) is 33.2. The monoisotopic (exact) mass is 814 g/mol. The summed E-state index contributed by atoms with van der Waals surface area (Å²) in [5.74, 6) is -8.25. The van der Waals surface area contributed by atoms with E-state index in [0.29, 0.717) is 31.1 Å². The number of nitrogens with one attached hydrogen (secondary N) is 1. The molecule has 11 nitrogen and oxygen atoms in total. The smallest absolute Gasteiger partial charge is 0.328 e. The van der Waals surface area contributed by atoms with E-state index in [1.54, 1.807) is 36.4 Å². The number of benzene rings is 3. The number of allylic oxidation sites excluding steroid dienone is 2. The van der Waals surface area contributed by atoms with Gasteiger partial charge >= 0.3 is 6.03 Å². The molecule has 0 radical (unpaired) electrons. The van der Waals surface area contributed by atoms with Crippen molar-refractivity contribution in [2.24, 2.45) is 29.4 Å². The minimum Gasteiger partial charge on any atom is -0.503 e. The molecule has 6 unspecified atom stereocenters. The molecule has 49 heavy (non-hydrogen) atoms. The number of nitrogens with two attached hydrogens (primary N) is 1. The summed E-state index contributed by atoms with van der Waals surface area (Å²) in [4.78, 5) is 69.7. The van der Waals surface area contributed by atoms with Crippen molar-refractivity contribution in [2.75, 3.05) is 12.5 Å². The molecule has 2 aliphatic carbocycles. The van der Waals surface area contributed by atoms with Crippen molar-refractivity contribution < 1.29 is 38.2 Å². The van der Waals surface area contributed by atoms with Gasteiger partial charge in [0.15, 0.2) is 11.5 Å². The molecule has 7 rings (SSSR count). The molecule has 3 aromatic carbocycles. The van der Waals surface area contributed by atoms with Crippen LogP contribution in [0.15, 0.2) is 75.2 Å². The van der Waals surface area contributed by atoms with Crippen LogP contribution >= 0.6 is 43.5 Å². The molecule has 2 heterocycles. The summed E-state index contributed by atoms with van der Waals surface area (Å²) in [5, 5.41) is 12.2. The molecule has 4 aliphatic rings. The highest BCUT2D eigenvalue weighted by molar-refractivity contribution is 9.13. The number of methoxy groups -OCH3 is 1. The van der Waals surface area contributed by atoms with Crippen LogP contribution in [0.25, 0.3) is 0 Å². The van der Waals surface area contributed by atoms with E-state index >= 15 is 4.79 Å². The van der Waals surface area contributed by atoms with E-state index in [9.17, 15) is 28.7 Å². The van der Waals surface area contributed by atoms with Gasteiger partial charge in [-0.3, -0.25) is 24.6 Å². The van der Waals surface area contributed by atoms with Crippen molar-refractivity contribution in [3.05, 3.63) is 97.2 Å². The number of amides is 6. The summed E-state index contributed by atoms with van der Waals surface area (Å²) < 4.78 is 19.9. The largest absolute Gasteiger partial charge is 0.503 e. The molecule has 15 heteroatoms. The quantitative estimate of drug-likeness (QED) is 0.216. The number of ether oxygens (including phenoxy) is 1. The van der Waals surface area contributed by atoms with Gasteiger partial charge in [-0.1, -0.05) is 35.4 Å². The Morgan fingerprint density at radius 2 is 1.69 bits per heavy atom. The second kappa shape index (κ2) is 12.0. The third-order valence-electron chi connectivity index (χ3n) is 10.2. The summed E-state index contributed by atoms with van der Waals surface area (Å²) >= 11 is 13.4. The van der Waals surface area contributed by atoms with Gasteiger partial charge in [0.2, 0.25) is 11.8 Å². The predicted octanol–water partition coefficient (Wildman–Crippen LogP) is 5.78. The topological polar surface area (TPSA) is 159 Å². The molecule has 2 aliphatic heterocycles. The van der Waals surface area contributed by atoms with E-state index in [1.165, 1.54) is 31.4 Å². The summed E-state index contributed by atoms with van der Waals surface area (Å²) in [6.07, 6.45) is 1.82. The van der Waals surface area contributed by atoms with Crippen molar-refractivity contribution in [1.82, 2.24) is 9.91 Å². The zero-order chi connectivity index (χ0) is 35.1. The lowest BCUT2D eigenvalue weighted by molar-refractivity contribution is -0.139. The number of nitrogens with zero attached hydrogens (tertiary/aromatic N) is 2.